The van der Waals surface area contributed by atoms with E-state index >= 15 is 0 Å². The van der Waals surface area contributed by atoms with Crippen LogP contribution in [0.4, 0.5) is 5.82 Å². The molecule has 6 heteroatoms. The molecule has 20 heavy (non-hydrogen) atoms. The van der Waals surface area contributed by atoms with Gasteiger partial charge in [-0.3, -0.25) is 0 Å². The highest BCUT2D eigenvalue weighted by molar-refractivity contribution is 14.1. The Hall–Kier alpha value is -0.890. The largest absolute Gasteiger partial charge is 0.496 e. The number of hydrogen-bond donors (Lipinski definition) is 1. The lowest BCUT2D eigenvalue weighted by atomic mass is 10.2. The number of nitrogens with zero attached hydrogens (tertiary/aromatic N) is 2. The Morgan fingerprint density at radius 1 is 1.35 bits per heavy atom. The first-order valence-electron chi connectivity index (χ1n) is 6.27. The van der Waals surface area contributed by atoms with Crippen molar-refractivity contribution < 1.29 is 4.74 Å². The maximum absolute atomic E-state index is 6.02. The summed E-state index contributed by atoms with van der Waals surface area (Å²) in [6.07, 6.45) is 2.39. The molecule has 1 aliphatic rings. The van der Waals surface area contributed by atoms with Gasteiger partial charge < -0.3 is 10.5 Å². The second-order valence-corrected chi connectivity index (χ2v) is 6.69. The number of halogens is 2. The minimum Gasteiger partial charge on any atom is -0.496 e. The van der Waals surface area contributed by atoms with E-state index in [9.17, 15) is 0 Å². The molecular weight excluding hydrogens is 433 g/mol. The topological polar surface area (TPSA) is 61.0 Å². The number of nitrogen functional groups attached to an aromatic ring is 1. The van der Waals surface area contributed by atoms with Crippen LogP contribution in [0.15, 0.2) is 22.7 Å². The van der Waals surface area contributed by atoms with Gasteiger partial charge in [-0.25, -0.2) is 9.97 Å². The first-order chi connectivity index (χ1) is 9.60. The van der Waals surface area contributed by atoms with Gasteiger partial charge in [0.15, 0.2) is 5.82 Å². The van der Waals surface area contributed by atoms with E-state index in [2.05, 4.69) is 43.5 Å². The standard InChI is InChI=1S/C14H13BrIN3O/c1-20-10-5-4-8(6-9(10)15)14-18-12(7-2-3-7)11(16)13(17)19-14/h4-7H,2-3H2,1H3,(H2,17,18,19). The van der Waals surface area contributed by atoms with Gasteiger partial charge in [-0.2, -0.15) is 0 Å². The molecule has 1 heterocycles. The average molecular weight is 446 g/mol. The van der Waals surface area contributed by atoms with Gasteiger partial charge in [-0.05, 0) is 69.6 Å². The molecule has 2 N–H and O–H groups in total. The van der Waals surface area contributed by atoms with Crippen molar-refractivity contribution in [1.29, 1.82) is 0 Å². The highest BCUT2D eigenvalue weighted by atomic mass is 127. The summed E-state index contributed by atoms with van der Waals surface area (Å²) in [5, 5.41) is 0. The molecule has 1 aromatic heterocycles. The fourth-order valence-corrected chi connectivity index (χ4v) is 3.27. The van der Waals surface area contributed by atoms with Crippen LogP contribution >= 0.6 is 38.5 Å². The Labute approximate surface area is 139 Å². The van der Waals surface area contributed by atoms with Crippen molar-refractivity contribution in [2.45, 2.75) is 18.8 Å². The van der Waals surface area contributed by atoms with Crippen LogP contribution in [0.2, 0.25) is 0 Å². The molecule has 0 unspecified atom stereocenters. The van der Waals surface area contributed by atoms with E-state index in [1.165, 1.54) is 12.8 Å². The number of hydrogen-bond acceptors (Lipinski definition) is 4. The monoisotopic (exact) mass is 445 g/mol. The Kier molecular flexibility index (Phi) is 3.85. The molecule has 0 aliphatic heterocycles. The van der Waals surface area contributed by atoms with Gasteiger partial charge in [-0.1, -0.05) is 0 Å². The molecule has 4 nitrogen and oxygen atoms in total. The van der Waals surface area contributed by atoms with Crippen molar-refractivity contribution in [3.05, 3.63) is 31.9 Å². The van der Waals surface area contributed by atoms with Crippen LogP contribution in [0.5, 0.6) is 5.75 Å². The van der Waals surface area contributed by atoms with Crippen LogP contribution in [0, 0.1) is 3.57 Å². The summed E-state index contributed by atoms with van der Waals surface area (Å²) in [7, 11) is 1.64. The average Bonchev–Trinajstić information content (AvgIpc) is 3.26. The summed E-state index contributed by atoms with van der Waals surface area (Å²) in [5.74, 6) is 2.57. The maximum Gasteiger partial charge on any atom is 0.161 e. The third-order valence-electron chi connectivity index (χ3n) is 3.28. The van der Waals surface area contributed by atoms with Crippen molar-refractivity contribution >= 4 is 44.3 Å². The summed E-state index contributed by atoms with van der Waals surface area (Å²) in [4.78, 5) is 9.11. The number of aromatic nitrogens is 2. The fraction of sp³-hybridized carbons (Fsp3) is 0.286. The molecule has 3 rings (SSSR count). The van der Waals surface area contributed by atoms with E-state index in [4.69, 9.17) is 15.5 Å². The van der Waals surface area contributed by atoms with E-state index < -0.39 is 0 Å². The quantitative estimate of drug-likeness (QED) is 0.726. The van der Waals surface area contributed by atoms with Gasteiger partial charge >= 0.3 is 0 Å². The Balaban J connectivity index is 2.07. The van der Waals surface area contributed by atoms with Gasteiger partial charge in [0, 0.05) is 11.5 Å². The van der Waals surface area contributed by atoms with Crippen molar-refractivity contribution in [3.63, 3.8) is 0 Å². The van der Waals surface area contributed by atoms with E-state index in [1.54, 1.807) is 7.11 Å². The van der Waals surface area contributed by atoms with E-state index in [1.807, 2.05) is 18.2 Å². The van der Waals surface area contributed by atoms with Gasteiger partial charge in [-0.15, -0.1) is 0 Å². The van der Waals surface area contributed by atoms with E-state index in [0.717, 1.165) is 25.0 Å². The SMILES string of the molecule is COc1ccc(-c2nc(N)c(I)c(C3CC3)n2)cc1Br. The smallest absolute Gasteiger partial charge is 0.161 e. The molecule has 1 aliphatic carbocycles. The lowest BCUT2D eigenvalue weighted by molar-refractivity contribution is 0.412. The van der Waals surface area contributed by atoms with E-state index in [-0.39, 0.29) is 0 Å². The molecular formula is C14H13BrIN3O. The van der Waals surface area contributed by atoms with Crippen molar-refractivity contribution in [2.75, 3.05) is 12.8 Å². The third kappa shape index (κ3) is 2.63. The first kappa shape index (κ1) is 14.1. The molecule has 1 aromatic carbocycles. The Morgan fingerprint density at radius 3 is 2.70 bits per heavy atom. The zero-order valence-corrected chi connectivity index (χ0v) is 14.6. The number of nitrogens with two attached hydrogens (primary N) is 1. The molecule has 1 saturated carbocycles. The summed E-state index contributed by atoms with van der Waals surface area (Å²) in [6.45, 7) is 0. The fourth-order valence-electron chi connectivity index (χ4n) is 2.04. The van der Waals surface area contributed by atoms with Crippen molar-refractivity contribution in [2.24, 2.45) is 0 Å². The predicted molar refractivity (Wildman–Crippen MR) is 90.8 cm³/mol. The molecule has 104 valence electrons. The Morgan fingerprint density at radius 2 is 2.10 bits per heavy atom. The molecule has 0 amide bonds. The molecule has 0 bridgehead atoms. The predicted octanol–water partition coefficient (Wildman–Crippen LogP) is 3.98. The lowest BCUT2D eigenvalue weighted by Crippen LogP contribution is -2.04. The van der Waals surface area contributed by atoms with Crippen molar-refractivity contribution in [3.8, 4) is 17.1 Å². The molecule has 1 fully saturated rings. The number of rotatable bonds is 3. The summed E-state index contributed by atoms with van der Waals surface area (Å²) < 4.78 is 7.11. The van der Waals surface area contributed by atoms with Gasteiger partial charge in [0.05, 0.1) is 20.8 Å². The van der Waals surface area contributed by atoms with Crippen LogP contribution in [-0.2, 0) is 0 Å². The molecule has 0 radical (unpaired) electrons. The number of benzene rings is 1. The summed E-state index contributed by atoms with van der Waals surface area (Å²) in [5.41, 5.74) is 8.04. The van der Waals surface area contributed by atoms with Crippen LogP contribution in [-0.4, -0.2) is 17.1 Å². The van der Waals surface area contributed by atoms with Gasteiger partial charge in [0.25, 0.3) is 0 Å². The van der Waals surface area contributed by atoms with Crippen LogP contribution in [0.3, 0.4) is 0 Å². The van der Waals surface area contributed by atoms with Crippen LogP contribution in [0.1, 0.15) is 24.5 Å². The second kappa shape index (κ2) is 5.48. The zero-order valence-electron chi connectivity index (χ0n) is 10.9. The second-order valence-electron chi connectivity index (χ2n) is 4.76. The zero-order chi connectivity index (χ0) is 14.3. The van der Waals surface area contributed by atoms with Crippen molar-refractivity contribution in [1.82, 2.24) is 9.97 Å². The van der Waals surface area contributed by atoms with Crippen LogP contribution in [0.25, 0.3) is 11.4 Å². The third-order valence-corrected chi connectivity index (χ3v) is 5.00. The number of anilines is 1. The van der Waals surface area contributed by atoms with Gasteiger partial charge in [0.2, 0.25) is 0 Å². The Bertz CT molecular complexity index is 674. The minimum absolute atomic E-state index is 0.549. The molecule has 0 spiro atoms. The summed E-state index contributed by atoms with van der Waals surface area (Å²) in [6, 6.07) is 5.80. The number of ether oxygens (including phenoxy) is 1. The maximum atomic E-state index is 6.02. The molecule has 2 aromatic rings. The molecule has 0 saturated heterocycles. The van der Waals surface area contributed by atoms with Crippen LogP contribution < -0.4 is 10.5 Å². The van der Waals surface area contributed by atoms with E-state index in [0.29, 0.717) is 17.6 Å². The lowest BCUT2D eigenvalue weighted by Gasteiger charge is -2.10. The summed E-state index contributed by atoms with van der Waals surface area (Å²) >= 11 is 5.72. The first-order valence-corrected chi connectivity index (χ1v) is 8.14. The highest BCUT2D eigenvalue weighted by Gasteiger charge is 2.29. The van der Waals surface area contributed by atoms with Gasteiger partial charge in [0.1, 0.15) is 11.6 Å². The molecule has 0 atom stereocenters. The number of methoxy groups -OCH3 is 1. The minimum atomic E-state index is 0.549. The normalized spacial score (nSPS) is 14.3. The highest BCUT2D eigenvalue weighted by Crippen LogP contribution is 2.42.